The number of benzene rings is 2. The van der Waals surface area contributed by atoms with E-state index in [0.29, 0.717) is 21.6 Å². The highest BCUT2D eigenvalue weighted by Gasteiger charge is 2.13. The number of aryl methyl sites for hydroxylation is 1. The number of carbonyl (C=O) groups excluding carboxylic acids is 2. The van der Waals surface area contributed by atoms with Crippen LogP contribution in [0.3, 0.4) is 0 Å². The number of anilines is 1. The number of nitrogens with one attached hydrogen (secondary N) is 2. The number of amides is 2. The molecular weight excluding hydrogens is 380 g/mol. The van der Waals surface area contributed by atoms with Crippen LogP contribution in [0.1, 0.15) is 21.5 Å². The zero-order chi connectivity index (χ0) is 19.1. The molecule has 1 heterocycles. The molecule has 0 aliphatic carbocycles. The fourth-order valence-corrected chi connectivity index (χ4v) is 3.86. The Labute approximate surface area is 165 Å². The van der Waals surface area contributed by atoms with E-state index in [1.54, 1.807) is 6.07 Å². The number of nitrogens with zero attached hydrogens (tertiary/aromatic N) is 2. The largest absolute Gasteiger partial charge is 0.351 e. The summed E-state index contributed by atoms with van der Waals surface area (Å²) in [4.78, 5) is 24.2. The molecule has 3 aromatic rings. The van der Waals surface area contributed by atoms with Gasteiger partial charge in [-0.15, -0.1) is 10.2 Å². The quantitative estimate of drug-likeness (QED) is 0.470. The summed E-state index contributed by atoms with van der Waals surface area (Å²) in [5.74, 6) is -0.0568. The first-order chi connectivity index (χ1) is 13.1. The summed E-state index contributed by atoms with van der Waals surface area (Å²) in [6.45, 7) is 2.37. The maximum absolute atomic E-state index is 12.3. The van der Waals surface area contributed by atoms with Gasteiger partial charge < -0.3 is 5.32 Å². The van der Waals surface area contributed by atoms with Crippen LogP contribution in [-0.2, 0) is 11.3 Å². The van der Waals surface area contributed by atoms with Gasteiger partial charge >= 0.3 is 0 Å². The van der Waals surface area contributed by atoms with E-state index < -0.39 is 0 Å². The maximum atomic E-state index is 12.3. The first-order valence-electron chi connectivity index (χ1n) is 8.26. The molecule has 0 atom stereocenters. The summed E-state index contributed by atoms with van der Waals surface area (Å²) in [7, 11) is 0. The van der Waals surface area contributed by atoms with E-state index >= 15 is 0 Å². The van der Waals surface area contributed by atoms with Gasteiger partial charge in [-0.1, -0.05) is 71.6 Å². The van der Waals surface area contributed by atoms with E-state index in [1.807, 2.05) is 55.5 Å². The average molecular weight is 399 g/mol. The second-order valence-corrected chi connectivity index (χ2v) is 7.89. The van der Waals surface area contributed by atoms with Gasteiger partial charge in [-0.2, -0.15) is 0 Å². The topological polar surface area (TPSA) is 84.0 Å². The molecule has 2 amide bonds. The second-order valence-electron chi connectivity index (χ2n) is 5.69. The van der Waals surface area contributed by atoms with Gasteiger partial charge in [-0.05, 0) is 24.1 Å². The molecular formula is C19H18N4O2S2. The van der Waals surface area contributed by atoms with Gasteiger partial charge in [0.05, 0.1) is 5.75 Å². The van der Waals surface area contributed by atoms with Gasteiger partial charge in [0.1, 0.15) is 0 Å². The molecule has 138 valence electrons. The predicted octanol–water partition coefficient (Wildman–Crippen LogP) is 3.51. The van der Waals surface area contributed by atoms with Crippen LogP contribution < -0.4 is 10.6 Å². The smallest absolute Gasteiger partial charge is 0.257 e. The van der Waals surface area contributed by atoms with Crippen molar-refractivity contribution in [3.63, 3.8) is 0 Å². The van der Waals surface area contributed by atoms with E-state index in [-0.39, 0.29) is 17.6 Å². The summed E-state index contributed by atoms with van der Waals surface area (Å²) >= 11 is 2.54. The van der Waals surface area contributed by atoms with Crippen LogP contribution in [0.4, 0.5) is 5.13 Å². The van der Waals surface area contributed by atoms with E-state index in [9.17, 15) is 9.59 Å². The molecule has 8 heteroatoms. The van der Waals surface area contributed by atoms with Crippen LogP contribution in [0, 0.1) is 6.92 Å². The first-order valence-corrected chi connectivity index (χ1v) is 10.1. The minimum absolute atomic E-state index is 0.0791. The average Bonchev–Trinajstić information content (AvgIpc) is 3.13. The number of carbonyl (C=O) groups is 2. The van der Waals surface area contributed by atoms with Gasteiger partial charge in [-0.25, -0.2) is 0 Å². The number of aromatic nitrogens is 2. The Morgan fingerprint density at radius 1 is 1.04 bits per heavy atom. The Morgan fingerprint density at radius 2 is 1.78 bits per heavy atom. The van der Waals surface area contributed by atoms with Gasteiger partial charge in [0.25, 0.3) is 5.91 Å². The minimum Gasteiger partial charge on any atom is -0.351 e. The zero-order valence-corrected chi connectivity index (χ0v) is 16.3. The van der Waals surface area contributed by atoms with E-state index in [0.717, 1.165) is 11.1 Å². The molecule has 0 aliphatic heterocycles. The molecule has 2 N–H and O–H groups in total. The Bertz CT molecular complexity index is 928. The van der Waals surface area contributed by atoms with Crippen LogP contribution in [0.25, 0.3) is 0 Å². The second kappa shape index (κ2) is 9.29. The highest BCUT2D eigenvalue weighted by atomic mass is 32.2. The van der Waals surface area contributed by atoms with Gasteiger partial charge in [0.15, 0.2) is 4.34 Å². The Kier molecular flexibility index (Phi) is 6.56. The van der Waals surface area contributed by atoms with E-state index in [2.05, 4.69) is 20.8 Å². The highest BCUT2D eigenvalue weighted by molar-refractivity contribution is 8.01. The molecule has 0 spiro atoms. The Hall–Kier alpha value is -2.71. The lowest BCUT2D eigenvalue weighted by atomic mass is 10.1. The Morgan fingerprint density at radius 3 is 2.56 bits per heavy atom. The lowest BCUT2D eigenvalue weighted by Gasteiger charge is -2.04. The number of hydrogen-bond acceptors (Lipinski definition) is 6. The van der Waals surface area contributed by atoms with Crippen LogP contribution in [0.5, 0.6) is 0 Å². The van der Waals surface area contributed by atoms with E-state index in [4.69, 9.17) is 0 Å². The fourth-order valence-electron chi connectivity index (χ4n) is 2.29. The molecule has 27 heavy (non-hydrogen) atoms. The SMILES string of the molecule is Cc1ccccc1C(=O)Nc1nnc(SCC(=O)NCc2ccccc2)s1. The van der Waals surface area contributed by atoms with Crippen molar-refractivity contribution in [2.75, 3.05) is 11.1 Å². The molecule has 0 bridgehead atoms. The van der Waals surface area contributed by atoms with Crippen LogP contribution in [0.2, 0.25) is 0 Å². The van der Waals surface area contributed by atoms with Crippen molar-refractivity contribution in [1.29, 1.82) is 0 Å². The number of hydrogen-bond donors (Lipinski definition) is 2. The van der Waals surface area contributed by atoms with Crippen molar-refractivity contribution in [2.45, 2.75) is 17.8 Å². The monoisotopic (exact) mass is 398 g/mol. The van der Waals surface area contributed by atoms with Crippen molar-refractivity contribution < 1.29 is 9.59 Å². The zero-order valence-electron chi connectivity index (χ0n) is 14.6. The van der Waals surface area contributed by atoms with Crippen molar-refractivity contribution >= 4 is 40.0 Å². The summed E-state index contributed by atoms with van der Waals surface area (Å²) in [6, 6.07) is 17.1. The summed E-state index contributed by atoms with van der Waals surface area (Å²) in [6.07, 6.45) is 0. The lowest BCUT2D eigenvalue weighted by Crippen LogP contribution is -2.24. The molecule has 0 saturated heterocycles. The highest BCUT2D eigenvalue weighted by Crippen LogP contribution is 2.25. The third kappa shape index (κ3) is 5.63. The molecule has 0 aliphatic rings. The molecule has 0 fully saturated rings. The van der Waals surface area contributed by atoms with Crippen molar-refractivity contribution in [3.05, 3.63) is 71.3 Å². The molecule has 0 radical (unpaired) electrons. The summed E-state index contributed by atoms with van der Waals surface area (Å²) in [5.41, 5.74) is 2.54. The standard InChI is InChI=1S/C19H18N4O2S2/c1-13-7-5-6-10-15(13)17(25)21-18-22-23-19(27-18)26-12-16(24)20-11-14-8-3-2-4-9-14/h2-10H,11-12H2,1H3,(H,20,24)(H,21,22,25). The fraction of sp³-hybridized carbons (Fsp3) is 0.158. The normalized spacial score (nSPS) is 10.4. The molecule has 3 rings (SSSR count). The van der Waals surface area contributed by atoms with Crippen molar-refractivity contribution in [2.24, 2.45) is 0 Å². The van der Waals surface area contributed by atoms with E-state index in [1.165, 1.54) is 23.1 Å². The molecule has 0 saturated carbocycles. The van der Waals surface area contributed by atoms with Crippen LogP contribution >= 0.6 is 23.1 Å². The minimum atomic E-state index is -0.221. The third-order valence-corrected chi connectivity index (χ3v) is 5.65. The van der Waals surface area contributed by atoms with Crippen molar-refractivity contribution in [3.8, 4) is 0 Å². The Balaban J connectivity index is 1.47. The van der Waals surface area contributed by atoms with Crippen molar-refractivity contribution in [1.82, 2.24) is 15.5 Å². The van der Waals surface area contributed by atoms with Gasteiger partial charge in [0, 0.05) is 12.1 Å². The summed E-state index contributed by atoms with van der Waals surface area (Å²) in [5, 5.41) is 14.0. The molecule has 2 aromatic carbocycles. The van der Waals surface area contributed by atoms with Gasteiger partial charge in [-0.3, -0.25) is 14.9 Å². The lowest BCUT2D eigenvalue weighted by molar-refractivity contribution is -0.118. The van der Waals surface area contributed by atoms with Crippen LogP contribution in [-0.4, -0.2) is 27.8 Å². The predicted molar refractivity (Wildman–Crippen MR) is 108 cm³/mol. The summed E-state index contributed by atoms with van der Waals surface area (Å²) < 4.78 is 0.630. The first kappa shape index (κ1) is 19.1. The molecule has 1 aromatic heterocycles. The number of rotatable bonds is 7. The number of thioether (sulfide) groups is 1. The molecule has 6 nitrogen and oxygen atoms in total. The third-order valence-electron chi connectivity index (χ3n) is 3.68. The maximum Gasteiger partial charge on any atom is 0.257 e. The van der Waals surface area contributed by atoms with Gasteiger partial charge in [0.2, 0.25) is 11.0 Å². The molecule has 0 unspecified atom stereocenters. The van der Waals surface area contributed by atoms with Crippen LogP contribution in [0.15, 0.2) is 58.9 Å².